The van der Waals surface area contributed by atoms with E-state index < -0.39 is 0 Å². The average molecular weight is 437 g/mol. The molecule has 0 spiro atoms. The summed E-state index contributed by atoms with van der Waals surface area (Å²) in [4.78, 5) is 0. The van der Waals surface area contributed by atoms with E-state index in [-0.39, 0.29) is 0 Å². The number of halogens is 2. The van der Waals surface area contributed by atoms with Gasteiger partial charge >= 0.3 is 0 Å². The van der Waals surface area contributed by atoms with Crippen LogP contribution in [0.3, 0.4) is 0 Å². The smallest absolute Gasteiger partial charge is 0.176 e. The van der Waals surface area contributed by atoms with Gasteiger partial charge in [-0.2, -0.15) is 10.2 Å². The Kier molecular flexibility index (Phi) is 6.12. The van der Waals surface area contributed by atoms with Gasteiger partial charge in [0, 0.05) is 16.5 Å². The second-order valence-corrected chi connectivity index (χ2v) is 7.41. The molecule has 7 heteroatoms. The number of ether oxygens (including phenoxy) is 1. The Hall–Kier alpha value is -3.15. The van der Waals surface area contributed by atoms with E-state index in [2.05, 4.69) is 15.3 Å². The van der Waals surface area contributed by atoms with E-state index in [1.807, 2.05) is 66.7 Å². The quantitative estimate of drug-likeness (QED) is 0.386. The van der Waals surface area contributed by atoms with Gasteiger partial charge in [0.05, 0.1) is 24.7 Å². The molecule has 5 nitrogen and oxygen atoms in total. The molecule has 0 aliphatic heterocycles. The van der Waals surface area contributed by atoms with Gasteiger partial charge < -0.3 is 4.74 Å². The van der Waals surface area contributed by atoms with Crippen molar-refractivity contribution >= 4 is 35.4 Å². The third-order valence-corrected chi connectivity index (χ3v) is 5.13. The van der Waals surface area contributed by atoms with Gasteiger partial charge in [0.1, 0.15) is 5.75 Å². The van der Waals surface area contributed by atoms with E-state index >= 15 is 0 Å². The Labute approximate surface area is 184 Å². The molecule has 2 heterocycles. The molecule has 0 N–H and O–H groups in total. The fourth-order valence-corrected chi connectivity index (χ4v) is 3.42. The van der Waals surface area contributed by atoms with E-state index in [9.17, 15) is 0 Å². The third-order valence-electron chi connectivity index (χ3n) is 4.54. The maximum atomic E-state index is 6.25. The van der Waals surface area contributed by atoms with Crippen LogP contribution in [0.25, 0.3) is 18.0 Å². The Morgan fingerprint density at radius 1 is 0.933 bits per heavy atom. The molecule has 2 aromatic carbocycles. The number of benzene rings is 2. The van der Waals surface area contributed by atoms with Crippen molar-refractivity contribution in [3.63, 3.8) is 0 Å². The van der Waals surface area contributed by atoms with Gasteiger partial charge in [-0.3, -0.25) is 0 Å². The Morgan fingerprint density at radius 3 is 2.47 bits per heavy atom. The van der Waals surface area contributed by atoms with Crippen molar-refractivity contribution in [2.45, 2.75) is 6.42 Å². The van der Waals surface area contributed by atoms with Gasteiger partial charge in [-0.05, 0) is 59.7 Å². The summed E-state index contributed by atoms with van der Waals surface area (Å²) in [5, 5.41) is 14.3. The summed E-state index contributed by atoms with van der Waals surface area (Å²) in [6, 6.07) is 19.0. The summed E-state index contributed by atoms with van der Waals surface area (Å²) in [6.45, 7) is 0. The fourth-order valence-electron chi connectivity index (χ4n) is 2.95. The second kappa shape index (κ2) is 9.11. The molecular weight excluding hydrogens is 419 g/mol. The van der Waals surface area contributed by atoms with E-state index in [1.165, 1.54) is 0 Å². The first-order valence-electron chi connectivity index (χ1n) is 9.25. The van der Waals surface area contributed by atoms with Crippen molar-refractivity contribution in [3.8, 4) is 11.6 Å². The molecule has 0 atom stereocenters. The second-order valence-electron chi connectivity index (χ2n) is 6.57. The predicted octanol–water partition coefficient (Wildman–Crippen LogP) is 5.74. The molecule has 0 saturated heterocycles. The molecule has 0 saturated carbocycles. The van der Waals surface area contributed by atoms with Crippen LogP contribution in [0.15, 0.2) is 66.9 Å². The minimum atomic E-state index is 0.576. The van der Waals surface area contributed by atoms with Crippen molar-refractivity contribution in [1.29, 1.82) is 0 Å². The number of nitrogens with zero attached hydrogens (tertiary/aromatic N) is 4. The van der Waals surface area contributed by atoms with Crippen LogP contribution in [-0.2, 0) is 6.42 Å². The van der Waals surface area contributed by atoms with Crippen molar-refractivity contribution < 1.29 is 4.74 Å². The zero-order valence-electron chi connectivity index (χ0n) is 16.2. The van der Waals surface area contributed by atoms with Gasteiger partial charge in [-0.15, -0.1) is 5.10 Å². The minimum Gasteiger partial charge on any atom is -0.497 e. The molecule has 150 valence electrons. The first kappa shape index (κ1) is 20.1. The Balaban J connectivity index is 1.51. The maximum Gasteiger partial charge on any atom is 0.176 e. The lowest BCUT2D eigenvalue weighted by Gasteiger charge is -2.06. The van der Waals surface area contributed by atoms with Crippen molar-refractivity contribution in [2.75, 3.05) is 7.11 Å². The largest absolute Gasteiger partial charge is 0.497 e. The third kappa shape index (κ3) is 4.70. The van der Waals surface area contributed by atoms with Gasteiger partial charge in [0.15, 0.2) is 5.82 Å². The van der Waals surface area contributed by atoms with Crippen LogP contribution in [0.5, 0.6) is 5.75 Å². The molecule has 2 aromatic heterocycles. The topological polar surface area (TPSA) is 52.8 Å². The fraction of sp³-hybridized carbons (Fsp3) is 0.0870. The van der Waals surface area contributed by atoms with Crippen LogP contribution in [0.2, 0.25) is 10.0 Å². The zero-order valence-corrected chi connectivity index (χ0v) is 17.7. The summed E-state index contributed by atoms with van der Waals surface area (Å²) < 4.78 is 6.93. The number of aromatic nitrogens is 4. The summed E-state index contributed by atoms with van der Waals surface area (Å²) in [5.74, 6) is 1.47. The van der Waals surface area contributed by atoms with Crippen LogP contribution in [0.4, 0.5) is 0 Å². The van der Waals surface area contributed by atoms with Gasteiger partial charge in [-0.1, -0.05) is 47.5 Å². The highest BCUT2D eigenvalue weighted by molar-refractivity contribution is 6.35. The number of methoxy groups -OCH3 is 1. The first-order chi connectivity index (χ1) is 14.6. The molecule has 4 rings (SSSR count). The highest BCUT2D eigenvalue weighted by Gasteiger charge is 2.08. The molecule has 0 amide bonds. The normalized spacial score (nSPS) is 11.2. The summed E-state index contributed by atoms with van der Waals surface area (Å²) in [7, 11) is 1.65. The maximum absolute atomic E-state index is 6.25. The van der Waals surface area contributed by atoms with Gasteiger partial charge in [-0.25, -0.2) is 4.68 Å². The summed E-state index contributed by atoms with van der Waals surface area (Å²) >= 11 is 12.2. The van der Waals surface area contributed by atoms with E-state index in [0.29, 0.717) is 22.3 Å². The SMILES string of the molecule is COc1ccc(C=Cc2ccnn2-c2ccc(Cc3ccc(Cl)cc3Cl)nn2)cc1. The Morgan fingerprint density at radius 2 is 1.77 bits per heavy atom. The zero-order chi connectivity index (χ0) is 20.9. The molecule has 0 unspecified atom stereocenters. The standard InChI is InChI=1S/C23H18Cl2N4O/c1-30-21-9-3-16(4-10-21)2-8-20-12-13-26-29(20)23-11-7-19(27-28-23)14-17-5-6-18(24)15-22(17)25/h2-13,15H,14H2,1H3. The van der Waals surface area contributed by atoms with Crippen LogP contribution in [-0.4, -0.2) is 27.1 Å². The van der Waals surface area contributed by atoms with Gasteiger partial charge in [0.25, 0.3) is 0 Å². The van der Waals surface area contributed by atoms with E-state index in [1.54, 1.807) is 24.1 Å². The summed E-state index contributed by atoms with van der Waals surface area (Å²) in [6.07, 6.45) is 6.30. The molecule has 0 bridgehead atoms. The van der Waals surface area contributed by atoms with Crippen molar-refractivity contribution in [2.24, 2.45) is 0 Å². The number of rotatable bonds is 6. The molecule has 0 radical (unpaired) electrons. The van der Waals surface area contributed by atoms with Crippen LogP contribution in [0.1, 0.15) is 22.5 Å². The molecule has 30 heavy (non-hydrogen) atoms. The van der Waals surface area contributed by atoms with Crippen LogP contribution < -0.4 is 4.74 Å². The Bertz CT molecular complexity index is 1170. The lowest BCUT2D eigenvalue weighted by Crippen LogP contribution is -2.04. The van der Waals surface area contributed by atoms with Crippen LogP contribution in [0, 0.1) is 0 Å². The van der Waals surface area contributed by atoms with E-state index in [4.69, 9.17) is 27.9 Å². The average Bonchev–Trinajstić information content (AvgIpc) is 3.24. The van der Waals surface area contributed by atoms with Crippen LogP contribution >= 0.6 is 23.2 Å². The molecule has 4 aromatic rings. The first-order valence-corrected chi connectivity index (χ1v) is 10.0. The van der Waals surface area contributed by atoms with Crippen molar-refractivity contribution in [1.82, 2.24) is 20.0 Å². The molecular formula is C23H18Cl2N4O. The minimum absolute atomic E-state index is 0.576. The predicted molar refractivity (Wildman–Crippen MR) is 120 cm³/mol. The van der Waals surface area contributed by atoms with E-state index in [0.717, 1.165) is 28.3 Å². The van der Waals surface area contributed by atoms with Crippen molar-refractivity contribution in [3.05, 3.63) is 99.4 Å². The number of hydrogen-bond donors (Lipinski definition) is 0. The monoisotopic (exact) mass is 436 g/mol. The molecule has 0 fully saturated rings. The lowest BCUT2D eigenvalue weighted by atomic mass is 10.1. The molecule has 0 aliphatic rings. The van der Waals surface area contributed by atoms with Gasteiger partial charge in [0.2, 0.25) is 0 Å². The lowest BCUT2D eigenvalue weighted by molar-refractivity contribution is 0.415. The number of hydrogen-bond acceptors (Lipinski definition) is 4. The summed E-state index contributed by atoms with van der Waals surface area (Å²) in [5.41, 5.74) is 3.72. The highest BCUT2D eigenvalue weighted by Crippen LogP contribution is 2.23. The molecule has 0 aliphatic carbocycles. The highest BCUT2D eigenvalue weighted by atomic mass is 35.5.